The lowest BCUT2D eigenvalue weighted by atomic mass is 9.84. The van der Waals surface area contributed by atoms with Crippen LogP contribution in [0.5, 0.6) is 0 Å². The number of β-amino-alcohol motifs (C(OH)–C–C–N with tert-alkyl or cyclic N) is 2. The highest BCUT2D eigenvalue weighted by molar-refractivity contribution is 5.68. The lowest BCUT2D eigenvalue weighted by Crippen LogP contribution is -2.56. The number of ether oxygens (including phenoxy) is 2. The third-order valence-corrected chi connectivity index (χ3v) is 14.5. The van der Waals surface area contributed by atoms with E-state index in [1.165, 1.54) is 12.1 Å². The number of hydrogen-bond acceptors (Lipinski definition) is 10. The van der Waals surface area contributed by atoms with Crippen LogP contribution in [-0.2, 0) is 28.9 Å². The molecule has 4 N–H and O–H groups in total. The summed E-state index contributed by atoms with van der Waals surface area (Å²) in [5.74, 6) is 0.351. The number of amides is 2. The molecule has 2 unspecified atom stereocenters. The van der Waals surface area contributed by atoms with Gasteiger partial charge in [-0.2, -0.15) is 13.2 Å². The SMILES string of the molecule is O=C(OCc1ccccc1)N1CCC(O)(C(O)CN2CCC(c3ccc(C(F)(F)F)cc3)CC2)CC1.O=C(OCc1ccccc1)N1CCC(O)(C(O)CN2CCC(c3ccc(F)cc3)CC2)CC1. The molecule has 0 radical (unpaired) electrons. The zero-order valence-corrected chi connectivity index (χ0v) is 39.1. The number of carbonyl (C=O) groups is 2. The van der Waals surface area contributed by atoms with Gasteiger partial charge in [0.1, 0.15) is 19.0 Å². The second-order valence-corrected chi connectivity index (χ2v) is 19.1. The summed E-state index contributed by atoms with van der Waals surface area (Å²) in [7, 11) is 0. The number of nitrogens with zero attached hydrogens (tertiary/aromatic N) is 4. The molecule has 4 saturated heterocycles. The van der Waals surface area contributed by atoms with Gasteiger partial charge in [-0.3, -0.25) is 0 Å². The molecule has 2 atom stereocenters. The van der Waals surface area contributed by atoms with E-state index in [4.69, 9.17) is 9.47 Å². The number of aliphatic hydroxyl groups excluding tert-OH is 2. The molecule has 4 aliphatic rings. The fourth-order valence-electron chi connectivity index (χ4n) is 9.85. The van der Waals surface area contributed by atoms with Crippen LogP contribution in [0.1, 0.15) is 91.0 Å². The monoisotopic (exact) mass is 962 g/mol. The smallest absolute Gasteiger partial charge is 0.416 e. The molecule has 4 aromatic rings. The molecule has 4 aromatic carbocycles. The Bertz CT molecular complexity index is 2190. The average Bonchev–Trinajstić information content (AvgIpc) is 3.36. The normalized spacial score (nSPS) is 20.3. The van der Waals surface area contributed by atoms with Gasteiger partial charge in [0.25, 0.3) is 0 Å². The standard InChI is InChI=1S/C27H33F3N2O4.C26H33FN2O4/c28-27(29,30)23-8-6-21(7-9-23)22-10-14-31(15-11-22)18-24(33)26(35)12-16-32(17-13-26)25(34)36-19-20-4-2-1-3-5-20;27-23-8-6-21(7-9-23)22-10-14-28(15-11-22)18-24(30)26(32)12-16-29(17-13-26)25(31)33-19-20-4-2-1-3-5-20/h1-9,22,24,33,35H,10-19H2;1-9,22,24,30,32H,10-19H2. The van der Waals surface area contributed by atoms with E-state index in [0.29, 0.717) is 71.1 Å². The zero-order valence-electron chi connectivity index (χ0n) is 39.1. The minimum Gasteiger partial charge on any atom is -0.445 e. The highest BCUT2D eigenvalue weighted by Gasteiger charge is 2.43. The molecule has 69 heavy (non-hydrogen) atoms. The van der Waals surface area contributed by atoms with Gasteiger partial charge in [0.2, 0.25) is 0 Å². The largest absolute Gasteiger partial charge is 0.445 e. The van der Waals surface area contributed by atoms with Crippen molar-refractivity contribution in [3.05, 3.63) is 143 Å². The van der Waals surface area contributed by atoms with Crippen molar-refractivity contribution >= 4 is 12.2 Å². The molecule has 0 aliphatic carbocycles. The minimum absolute atomic E-state index is 0.175. The van der Waals surface area contributed by atoms with E-state index in [1.54, 1.807) is 21.9 Å². The third-order valence-electron chi connectivity index (χ3n) is 14.5. The van der Waals surface area contributed by atoms with Crippen LogP contribution < -0.4 is 0 Å². The van der Waals surface area contributed by atoms with Gasteiger partial charge in [0.15, 0.2) is 0 Å². The Morgan fingerprint density at radius 1 is 0.551 bits per heavy atom. The maximum absolute atomic E-state index is 13.2. The van der Waals surface area contributed by atoms with Crippen molar-refractivity contribution in [3.8, 4) is 0 Å². The van der Waals surface area contributed by atoms with Gasteiger partial charge in [0, 0.05) is 39.3 Å². The van der Waals surface area contributed by atoms with Gasteiger partial charge in [-0.1, -0.05) is 84.9 Å². The zero-order chi connectivity index (χ0) is 49.0. The van der Waals surface area contributed by atoms with E-state index < -0.39 is 47.3 Å². The average molecular weight is 963 g/mol. The number of hydrogen-bond donors (Lipinski definition) is 4. The van der Waals surface area contributed by atoms with E-state index in [0.717, 1.165) is 73.2 Å². The van der Waals surface area contributed by atoms with Crippen molar-refractivity contribution in [1.29, 1.82) is 0 Å². The van der Waals surface area contributed by atoms with Gasteiger partial charge >= 0.3 is 18.4 Å². The molecular formula is C53H66F4N4O8. The summed E-state index contributed by atoms with van der Waals surface area (Å²) in [5, 5.41) is 43.7. The van der Waals surface area contributed by atoms with Crippen molar-refractivity contribution in [3.63, 3.8) is 0 Å². The van der Waals surface area contributed by atoms with Gasteiger partial charge in [0.05, 0.1) is 29.0 Å². The van der Waals surface area contributed by atoms with Crippen LogP contribution in [0.3, 0.4) is 0 Å². The number of piperidine rings is 4. The first kappa shape index (κ1) is 51.7. The Morgan fingerprint density at radius 3 is 1.25 bits per heavy atom. The summed E-state index contributed by atoms with van der Waals surface area (Å²) in [5.41, 5.74) is 0.755. The highest BCUT2D eigenvalue weighted by atomic mass is 19.4. The number of halogens is 4. The Kier molecular flexibility index (Phi) is 17.8. The Balaban J connectivity index is 0.000000205. The predicted octanol–water partition coefficient (Wildman–Crippen LogP) is 7.94. The Labute approximate surface area is 402 Å². The van der Waals surface area contributed by atoms with Crippen molar-refractivity contribution in [2.45, 2.75) is 106 Å². The molecule has 374 valence electrons. The number of likely N-dealkylation sites (tertiary alicyclic amines) is 4. The molecule has 0 aromatic heterocycles. The molecule has 2 amide bonds. The number of alkyl halides is 3. The van der Waals surface area contributed by atoms with E-state index >= 15 is 0 Å². The Hall–Kier alpha value is -5.10. The van der Waals surface area contributed by atoms with Gasteiger partial charge in [-0.25, -0.2) is 14.0 Å². The first-order valence-corrected chi connectivity index (χ1v) is 24.2. The first-order chi connectivity index (χ1) is 33.1. The van der Waals surface area contributed by atoms with Crippen LogP contribution in [0.2, 0.25) is 0 Å². The van der Waals surface area contributed by atoms with Gasteiger partial charge < -0.3 is 49.5 Å². The second-order valence-electron chi connectivity index (χ2n) is 19.1. The minimum atomic E-state index is -4.34. The molecule has 4 aliphatic heterocycles. The molecule has 16 heteroatoms. The van der Waals surface area contributed by atoms with E-state index in [-0.39, 0.29) is 37.8 Å². The van der Waals surface area contributed by atoms with Crippen molar-refractivity contribution < 1.29 is 57.1 Å². The van der Waals surface area contributed by atoms with Crippen LogP contribution in [0.4, 0.5) is 27.2 Å². The lowest BCUT2D eigenvalue weighted by Gasteiger charge is -2.42. The summed E-state index contributed by atoms with van der Waals surface area (Å²) < 4.78 is 62.3. The quantitative estimate of drug-likeness (QED) is 0.103. The third kappa shape index (κ3) is 14.5. The topological polar surface area (TPSA) is 146 Å². The molecule has 4 heterocycles. The molecule has 0 saturated carbocycles. The van der Waals surface area contributed by atoms with Crippen LogP contribution >= 0.6 is 0 Å². The van der Waals surface area contributed by atoms with Crippen LogP contribution in [0.15, 0.2) is 109 Å². The number of aliphatic hydroxyl groups is 4. The molecule has 4 fully saturated rings. The van der Waals surface area contributed by atoms with Crippen molar-refractivity contribution in [2.75, 3.05) is 65.4 Å². The van der Waals surface area contributed by atoms with Crippen molar-refractivity contribution in [2.24, 2.45) is 0 Å². The van der Waals surface area contributed by atoms with Crippen LogP contribution in [-0.4, -0.2) is 141 Å². The summed E-state index contributed by atoms with van der Waals surface area (Å²) in [6, 6.07) is 31.0. The molecular weight excluding hydrogens is 897 g/mol. The van der Waals surface area contributed by atoms with Gasteiger partial charge in [-0.15, -0.1) is 0 Å². The second kappa shape index (κ2) is 23.7. The Morgan fingerprint density at radius 2 is 0.899 bits per heavy atom. The van der Waals surface area contributed by atoms with Crippen molar-refractivity contribution in [1.82, 2.24) is 19.6 Å². The number of benzene rings is 4. The molecule has 12 nitrogen and oxygen atoms in total. The highest BCUT2D eigenvalue weighted by Crippen LogP contribution is 2.35. The van der Waals surface area contributed by atoms with E-state index in [1.807, 2.05) is 72.8 Å². The van der Waals surface area contributed by atoms with E-state index in [2.05, 4.69) is 9.80 Å². The predicted molar refractivity (Wildman–Crippen MR) is 251 cm³/mol. The fourth-order valence-corrected chi connectivity index (χ4v) is 9.85. The molecule has 0 spiro atoms. The molecule has 8 rings (SSSR count). The van der Waals surface area contributed by atoms with Crippen LogP contribution in [0.25, 0.3) is 0 Å². The maximum atomic E-state index is 13.2. The number of carbonyl (C=O) groups excluding carboxylic acids is 2. The van der Waals surface area contributed by atoms with Crippen LogP contribution in [0, 0.1) is 5.82 Å². The summed E-state index contributed by atoms with van der Waals surface area (Å²) in [6.07, 6.45) is -2.39. The summed E-state index contributed by atoms with van der Waals surface area (Å²) >= 11 is 0. The molecule has 0 bridgehead atoms. The number of rotatable bonds is 12. The summed E-state index contributed by atoms with van der Waals surface area (Å²) in [6.45, 7) is 5.48. The first-order valence-electron chi connectivity index (χ1n) is 24.2. The maximum Gasteiger partial charge on any atom is 0.416 e. The van der Waals surface area contributed by atoms with E-state index in [9.17, 15) is 47.6 Å². The lowest BCUT2D eigenvalue weighted by molar-refractivity contribution is -0.137. The fraction of sp³-hybridized carbons (Fsp3) is 0.509. The summed E-state index contributed by atoms with van der Waals surface area (Å²) in [4.78, 5) is 32.2. The van der Waals surface area contributed by atoms with Gasteiger partial charge in [-0.05, 0) is 136 Å².